The van der Waals surface area contributed by atoms with Crippen LogP contribution in [-0.4, -0.2) is 27.5 Å². The number of nitrogens with zero attached hydrogens (tertiary/aromatic N) is 1. The van der Waals surface area contributed by atoms with Gasteiger partial charge in [-0.2, -0.15) is 8.42 Å². The Morgan fingerprint density at radius 3 is 2.50 bits per heavy atom. The van der Waals surface area contributed by atoms with Crippen molar-refractivity contribution < 1.29 is 27.1 Å². The number of furan rings is 1. The van der Waals surface area contributed by atoms with Crippen molar-refractivity contribution in [2.75, 3.05) is 17.5 Å². The molecule has 0 aliphatic carbocycles. The predicted molar refractivity (Wildman–Crippen MR) is 128 cm³/mol. The number of fused-ring (bicyclic) bond motifs is 1. The molecule has 0 spiro atoms. The normalized spacial score (nSPS) is 12.9. The Bertz CT molecular complexity index is 1300. The smallest absolute Gasteiger partial charge is 0.297 e. The third kappa shape index (κ3) is 4.89. The summed E-state index contributed by atoms with van der Waals surface area (Å²) in [6, 6.07) is 13.4. The van der Waals surface area contributed by atoms with E-state index in [0.717, 1.165) is 11.1 Å². The molecule has 0 fully saturated rings. The maximum Gasteiger partial charge on any atom is 0.297 e. The van der Waals surface area contributed by atoms with E-state index in [-0.39, 0.29) is 24.2 Å². The van der Waals surface area contributed by atoms with Gasteiger partial charge in [-0.05, 0) is 54.3 Å². The number of hydrogen-bond acceptors (Lipinski definition) is 6. The summed E-state index contributed by atoms with van der Waals surface area (Å²) in [5.74, 6) is 1.12. The van der Waals surface area contributed by atoms with Crippen LogP contribution in [0.2, 0.25) is 0 Å². The van der Waals surface area contributed by atoms with Crippen molar-refractivity contribution in [2.24, 2.45) is 11.7 Å². The third-order valence-corrected chi connectivity index (χ3v) is 7.12. The Hall–Kier alpha value is -3.46. The van der Waals surface area contributed by atoms with E-state index in [1.165, 1.54) is 10.4 Å². The molecule has 9 heteroatoms. The van der Waals surface area contributed by atoms with Gasteiger partial charge in [0.2, 0.25) is 11.0 Å². The van der Waals surface area contributed by atoms with Gasteiger partial charge < -0.3 is 19.6 Å². The van der Waals surface area contributed by atoms with E-state index in [4.69, 9.17) is 19.6 Å². The number of nitrogens with two attached hydrogens (primary N) is 1. The molecule has 0 bridgehead atoms. The highest BCUT2D eigenvalue weighted by atomic mass is 32.2. The largest absolute Gasteiger partial charge is 0.493 e. The van der Waals surface area contributed by atoms with Gasteiger partial charge in [0.05, 0.1) is 12.3 Å². The zero-order valence-corrected chi connectivity index (χ0v) is 20.2. The van der Waals surface area contributed by atoms with Crippen molar-refractivity contribution in [1.82, 2.24) is 0 Å². The van der Waals surface area contributed by atoms with Crippen LogP contribution in [0.1, 0.15) is 41.1 Å². The maximum atomic E-state index is 13.6. The second-order valence-electron chi connectivity index (χ2n) is 8.67. The molecule has 8 nitrogen and oxygen atoms in total. The number of rotatable bonds is 9. The van der Waals surface area contributed by atoms with Crippen LogP contribution in [0.3, 0.4) is 0 Å². The maximum absolute atomic E-state index is 13.6. The van der Waals surface area contributed by atoms with Crippen LogP contribution in [0.25, 0.3) is 0 Å². The summed E-state index contributed by atoms with van der Waals surface area (Å²) in [4.78, 5) is 11.3. The minimum atomic E-state index is -3.97. The van der Waals surface area contributed by atoms with E-state index in [2.05, 4.69) is 0 Å². The van der Waals surface area contributed by atoms with Gasteiger partial charge in [0.25, 0.3) is 10.0 Å². The molecule has 2 N–H and O–H groups in total. The van der Waals surface area contributed by atoms with Crippen LogP contribution in [0, 0.1) is 12.8 Å². The van der Waals surface area contributed by atoms with Gasteiger partial charge >= 0.3 is 0 Å². The summed E-state index contributed by atoms with van der Waals surface area (Å²) in [6.07, 6.45) is 0.687. The number of hydrogen-bond donors (Lipinski definition) is 1. The van der Waals surface area contributed by atoms with Crippen LogP contribution < -0.4 is 19.5 Å². The van der Waals surface area contributed by atoms with Crippen molar-refractivity contribution in [2.45, 2.75) is 38.9 Å². The van der Waals surface area contributed by atoms with Gasteiger partial charge in [-0.1, -0.05) is 26.0 Å². The second-order valence-corrected chi connectivity index (χ2v) is 10.5. The summed E-state index contributed by atoms with van der Waals surface area (Å²) in [7, 11) is -3.97. The highest BCUT2D eigenvalue weighted by Gasteiger charge is 2.32. The molecule has 34 heavy (non-hydrogen) atoms. The fourth-order valence-corrected chi connectivity index (χ4v) is 5.34. The number of anilines is 1. The number of ether oxygens (including phenoxy) is 2. The first-order valence-corrected chi connectivity index (χ1v) is 12.5. The Morgan fingerprint density at radius 1 is 1.15 bits per heavy atom. The van der Waals surface area contributed by atoms with Gasteiger partial charge in [-0.25, -0.2) is 0 Å². The quantitative estimate of drug-likeness (QED) is 0.490. The van der Waals surface area contributed by atoms with Gasteiger partial charge in [-0.15, -0.1) is 0 Å². The Balaban J connectivity index is 1.73. The number of sulfonamides is 1. The molecule has 0 atom stereocenters. The van der Waals surface area contributed by atoms with Gasteiger partial charge in [0, 0.05) is 24.6 Å². The molecule has 2 heterocycles. The minimum Gasteiger partial charge on any atom is -0.493 e. The summed E-state index contributed by atoms with van der Waals surface area (Å²) in [5.41, 5.74) is 7.87. The molecule has 0 saturated heterocycles. The SMILES string of the molecule is Cc1ccc(S(=O)(=O)N(CC(C)C)c2cc3c(cc2OCc2ccc(C(N)=O)cc2)OCC3)o1. The summed E-state index contributed by atoms with van der Waals surface area (Å²) in [5, 5.41) is -0.115. The lowest BCUT2D eigenvalue weighted by atomic mass is 10.1. The van der Waals surface area contributed by atoms with Crippen LogP contribution in [0.5, 0.6) is 11.5 Å². The molecule has 1 amide bonds. The highest BCUT2D eigenvalue weighted by molar-refractivity contribution is 7.92. The molecule has 1 aliphatic heterocycles. The van der Waals surface area contributed by atoms with E-state index >= 15 is 0 Å². The topological polar surface area (TPSA) is 112 Å². The average Bonchev–Trinajstić information content (AvgIpc) is 3.44. The lowest BCUT2D eigenvalue weighted by Gasteiger charge is -2.27. The van der Waals surface area contributed by atoms with Crippen molar-refractivity contribution in [3.63, 3.8) is 0 Å². The Morgan fingerprint density at radius 2 is 1.88 bits per heavy atom. The first-order valence-electron chi connectivity index (χ1n) is 11.1. The van der Waals surface area contributed by atoms with Gasteiger partial charge in [-0.3, -0.25) is 9.10 Å². The molecular weight excluding hydrogens is 456 g/mol. The molecule has 1 aromatic heterocycles. The van der Waals surface area contributed by atoms with E-state index in [1.807, 2.05) is 19.9 Å². The molecule has 0 radical (unpaired) electrons. The van der Waals surface area contributed by atoms with Crippen LogP contribution in [-0.2, 0) is 23.1 Å². The van der Waals surface area contributed by atoms with E-state index in [9.17, 15) is 13.2 Å². The van der Waals surface area contributed by atoms with Crippen molar-refractivity contribution in [3.8, 4) is 11.5 Å². The predicted octanol–water partition coefficient (Wildman–Crippen LogP) is 4.05. The number of benzene rings is 2. The third-order valence-electron chi connectivity index (χ3n) is 5.46. The summed E-state index contributed by atoms with van der Waals surface area (Å²) < 4.78 is 45.9. The monoisotopic (exact) mass is 484 g/mol. The van der Waals surface area contributed by atoms with Crippen LogP contribution >= 0.6 is 0 Å². The molecule has 1 aliphatic rings. The number of aryl methyl sites for hydroxylation is 1. The Kier molecular flexibility index (Phi) is 6.56. The molecule has 0 unspecified atom stereocenters. The van der Waals surface area contributed by atoms with Gasteiger partial charge in [0.1, 0.15) is 23.9 Å². The van der Waals surface area contributed by atoms with Crippen molar-refractivity contribution >= 4 is 21.6 Å². The minimum absolute atomic E-state index is 0.0459. The molecule has 2 aromatic carbocycles. The van der Waals surface area contributed by atoms with Crippen LogP contribution in [0.4, 0.5) is 5.69 Å². The second kappa shape index (κ2) is 9.42. The summed E-state index contributed by atoms with van der Waals surface area (Å²) in [6.45, 7) is 6.55. The van der Waals surface area contributed by atoms with E-state index < -0.39 is 15.9 Å². The highest BCUT2D eigenvalue weighted by Crippen LogP contribution is 2.41. The lowest BCUT2D eigenvalue weighted by Crippen LogP contribution is -2.34. The number of carbonyl (C=O) groups excluding carboxylic acids is 1. The number of carbonyl (C=O) groups is 1. The first-order chi connectivity index (χ1) is 16.1. The van der Waals surface area contributed by atoms with E-state index in [1.54, 1.807) is 43.3 Å². The Labute approximate surface area is 199 Å². The van der Waals surface area contributed by atoms with Crippen LogP contribution in [0.15, 0.2) is 58.0 Å². The van der Waals surface area contributed by atoms with Crippen molar-refractivity contribution in [3.05, 3.63) is 71.0 Å². The number of primary amides is 1. The number of amides is 1. The fourth-order valence-electron chi connectivity index (χ4n) is 3.75. The lowest BCUT2D eigenvalue weighted by molar-refractivity contribution is 0.1000. The fraction of sp³-hybridized carbons (Fsp3) is 0.320. The van der Waals surface area contributed by atoms with E-state index in [0.29, 0.717) is 41.5 Å². The molecule has 4 rings (SSSR count). The first kappa shape index (κ1) is 23.7. The van der Waals surface area contributed by atoms with Crippen molar-refractivity contribution in [1.29, 1.82) is 0 Å². The summed E-state index contributed by atoms with van der Waals surface area (Å²) >= 11 is 0. The molecular formula is C25H28N2O6S. The zero-order valence-electron chi connectivity index (χ0n) is 19.4. The zero-order chi connectivity index (χ0) is 24.5. The molecule has 3 aromatic rings. The van der Waals surface area contributed by atoms with Gasteiger partial charge in [0.15, 0.2) is 0 Å². The average molecular weight is 485 g/mol. The molecule has 180 valence electrons. The molecule has 0 saturated carbocycles. The standard InChI is InChI=1S/C25H28N2O6S/c1-16(2)14-27(34(29,30)24-9-4-17(3)33-24)21-12-20-10-11-31-22(20)13-23(21)32-15-18-5-7-19(8-6-18)25(26)28/h4-9,12-13,16H,10-11,14-15H2,1-3H3,(H2,26,28).